The zero-order valence-corrected chi connectivity index (χ0v) is 11.4. The Morgan fingerprint density at radius 1 is 1.28 bits per heavy atom. The average Bonchev–Trinajstić information content (AvgIpc) is 2.76. The van der Waals surface area contributed by atoms with Crippen molar-refractivity contribution in [3.8, 4) is 0 Å². The van der Waals surface area contributed by atoms with Crippen LogP contribution in [-0.4, -0.2) is 13.4 Å². The van der Waals surface area contributed by atoms with Crippen molar-refractivity contribution in [2.75, 3.05) is 0 Å². The van der Waals surface area contributed by atoms with Gasteiger partial charge in [0.15, 0.2) is 9.84 Å². The molecule has 0 N–H and O–H groups in total. The van der Waals surface area contributed by atoms with Crippen LogP contribution in [0.15, 0.2) is 34.5 Å². The van der Waals surface area contributed by atoms with Crippen LogP contribution in [0.25, 0.3) is 0 Å². The molecular weight excluding hydrogens is 273 g/mol. The maximum atomic E-state index is 12.7. The molecule has 0 aliphatic rings. The summed E-state index contributed by atoms with van der Waals surface area (Å²) in [5.74, 6) is -0.592. The van der Waals surface area contributed by atoms with Gasteiger partial charge in [0.05, 0.1) is 21.3 Å². The van der Waals surface area contributed by atoms with Crippen molar-refractivity contribution in [2.24, 2.45) is 0 Å². The summed E-state index contributed by atoms with van der Waals surface area (Å²) in [4.78, 5) is 4.34. The second kappa shape index (κ2) is 5.16. The van der Waals surface area contributed by atoms with Gasteiger partial charge in [-0.1, -0.05) is 6.92 Å². The first-order valence-electron chi connectivity index (χ1n) is 5.43. The van der Waals surface area contributed by atoms with E-state index in [1.54, 1.807) is 5.38 Å². The van der Waals surface area contributed by atoms with Gasteiger partial charge in [-0.3, -0.25) is 0 Å². The number of benzene rings is 1. The van der Waals surface area contributed by atoms with Gasteiger partial charge in [-0.05, 0) is 30.7 Å². The van der Waals surface area contributed by atoms with Crippen molar-refractivity contribution in [1.29, 1.82) is 0 Å². The Morgan fingerprint density at radius 3 is 2.50 bits per heavy atom. The third-order valence-electron chi connectivity index (χ3n) is 2.41. The summed E-state index contributed by atoms with van der Waals surface area (Å²) in [6.07, 6.45) is 0.793. The van der Waals surface area contributed by atoms with Gasteiger partial charge >= 0.3 is 0 Å². The summed E-state index contributed by atoms with van der Waals surface area (Å²) in [7, 11) is -3.45. The van der Waals surface area contributed by atoms with Gasteiger partial charge in [-0.15, -0.1) is 11.3 Å². The highest BCUT2D eigenvalue weighted by atomic mass is 32.2. The highest BCUT2D eigenvalue weighted by Gasteiger charge is 2.17. The van der Waals surface area contributed by atoms with E-state index in [4.69, 9.17) is 0 Å². The Hall–Kier alpha value is -1.27. The molecule has 18 heavy (non-hydrogen) atoms. The number of thiazole rings is 1. The van der Waals surface area contributed by atoms with E-state index in [0.717, 1.165) is 23.6 Å². The second-order valence-electron chi connectivity index (χ2n) is 3.80. The Labute approximate surface area is 109 Å². The molecule has 2 aromatic rings. The number of hydrogen-bond acceptors (Lipinski definition) is 4. The highest BCUT2D eigenvalue weighted by molar-refractivity contribution is 7.90. The Bertz CT molecular complexity index is 632. The smallest absolute Gasteiger partial charge is 0.184 e. The van der Waals surface area contributed by atoms with Crippen LogP contribution in [0.3, 0.4) is 0 Å². The zero-order valence-electron chi connectivity index (χ0n) is 9.76. The molecule has 3 nitrogen and oxygen atoms in total. The lowest BCUT2D eigenvalue weighted by molar-refractivity contribution is 0.593. The molecule has 0 bridgehead atoms. The first kappa shape index (κ1) is 13.2. The van der Waals surface area contributed by atoms with Crippen LogP contribution in [0.4, 0.5) is 4.39 Å². The van der Waals surface area contributed by atoms with E-state index in [-0.39, 0.29) is 10.6 Å². The topological polar surface area (TPSA) is 47.0 Å². The SMILES string of the molecule is CCc1nc(CS(=O)(=O)c2ccc(F)cc2)cs1. The van der Waals surface area contributed by atoms with Crippen LogP contribution < -0.4 is 0 Å². The summed E-state index contributed by atoms with van der Waals surface area (Å²) in [6, 6.07) is 4.84. The Morgan fingerprint density at radius 2 is 1.94 bits per heavy atom. The van der Waals surface area contributed by atoms with E-state index in [0.29, 0.717) is 5.69 Å². The molecule has 0 amide bonds. The molecule has 0 fully saturated rings. The van der Waals surface area contributed by atoms with E-state index in [9.17, 15) is 12.8 Å². The van der Waals surface area contributed by atoms with Gasteiger partial charge in [0.1, 0.15) is 5.82 Å². The molecule has 0 atom stereocenters. The molecule has 0 aliphatic heterocycles. The number of sulfone groups is 1. The molecule has 96 valence electrons. The molecule has 0 radical (unpaired) electrons. The van der Waals surface area contributed by atoms with Crippen molar-refractivity contribution in [3.63, 3.8) is 0 Å². The number of halogens is 1. The third kappa shape index (κ3) is 2.94. The summed E-state index contributed by atoms with van der Waals surface area (Å²) >= 11 is 1.45. The largest absolute Gasteiger partial charge is 0.245 e. The third-order valence-corrected chi connectivity index (χ3v) is 5.12. The minimum atomic E-state index is -3.45. The molecule has 0 saturated heterocycles. The minimum absolute atomic E-state index is 0.120. The van der Waals surface area contributed by atoms with Crippen molar-refractivity contribution < 1.29 is 12.8 Å². The molecule has 1 heterocycles. The molecule has 0 unspecified atom stereocenters. The first-order chi connectivity index (χ1) is 8.51. The fourth-order valence-corrected chi connectivity index (χ4v) is 3.60. The van der Waals surface area contributed by atoms with Gasteiger partial charge in [-0.2, -0.15) is 0 Å². The summed E-state index contributed by atoms with van der Waals surface area (Å²) in [6.45, 7) is 1.97. The van der Waals surface area contributed by atoms with Crippen LogP contribution in [0, 0.1) is 5.82 Å². The van der Waals surface area contributed by atoms with Crippen LogP contribution in [0.5, 0.6) is 0 Å². The molecule has 6 heteroatoms. The van der Waals surface area contributed by atoms with Gasteiger partial charge in [0.2, 0.25) is 0 Å². The zero-order chi connectivity index (χ0) is 13.2. The molecule has 0 saturated carbocycles. The van der Waals surface area contributed by atoms with E-state index in [1.165, 1.54) is 23.5 Å². The van der Waals surface area contributed by atoms with E-state index in [1.807, 2.05) is 6.92 Å². The van der Waals surface area contributed by atoms with E-state index < -0.39 is 15.7 Å². The van der Waals surface area contributed by atoms with Gasteiger partial charge < -0.3 is 0 Å². The molecule has 1 aromatic carbocycles. The standard InChI is InChI=1S/C12H12FNO2S2/c1-2-12-14-10(7-17-12)8-18(15,16)11-5-3-9(13)4-6-11/h3-7H,2,8H2,1H3. The predicted octanol–water partition coefficient (Wildman–Crippen LogP) is 2.82. The Kier molecular flexibility index (Phi) is 3.77. The maximum absolute atomic E-state index is 12.7. The molecule has 1 aromatic heterocycles. The maximum Gasteiger partial charge on any atom is 0.184 e. The van der Waals surface area contributed by atoms with Crippen LogP contribution in [0.1, 0.15) is 17.6 Å². The summed E-state index contributed by atoms with van der Waals surface area (Å²) in [5.41, 5.74) is 0.543. The second-order valence-corrected chi connectivity index (χ2v) is 6.73. The summed E-state index contributed by atoms with van der Waals surface area (Å²) in [5, 5.41) is 2.67. The van der Waals surface area contributed by atoms with Crippen LogP contribution >= 0.6 is 11.3 Å². The van der Waals surface area contributed by atoms with Crippen molar-refractivity contribution in [1.82, 2.24) is 4.98 Å². The Balaban J connectivity index is 2.24. The van der Waals surface area contributed by atoms with Crippen LogP contribution in [0.2, 0.25) is 0 Å². The van der Waals surface area contributed by atoms with Gasteiger partial charge in [-0.25, -0.2) is 17.8 Å². The van der Waals surface area contributed by atoms with Gasteiger partial charge in [0.25, 0.3) is 0 Å². The lowest BCUT2D eigenvalue weighted by Gasteiger charge is -2.02. The number of rotatable bonds is 4. The lowest BCUT2D eigenvalue weighted by atomic mass is 10.4. The fourth-order valence-electron chi connectivity index (χ4n) is 1.50. The van der Waals surface area contributed by atoms with Crippen molar-refractivity contribution in [3.05, 3.63) is 46.2 Å². The van der Waals surface area contributed by atoms with E-state index >= 15 is 0 Å². The molecular formula is C12H12FNO2S2. The quantitative estimate of drug-likeness (QED) is 0.812. The van der Waals surface area contributed by atoms with Gasteiger partial charge in [0, 0.05) is 5.38 Å². The first-order valence-corrected chi connectivity index (χ1v) is 7.96. The fraction of sp³-hybridized carbons (Fsp3) is 0.250. The normalized spacial score (nSPS) is 11.7. The average molecular weight is 285 g/mol. The van der Waals surface area contributed by atoms with Crippen molar-refractivity contribution in [2.45, 2.75) is 24.0 Å². The highest BCUT2D eigenvalue weighted by Crippen LogP contribution is 2.18. The minimum Gasteiger partial charge on any atom is -0.245 e. The van der Waals surface area contributed by atoms with Crippen molar-refractivity contribution >= 4 is 21.2 Å². The van der Waals surface area contributed by atoms with E-state index in [2.05, 4.69) is 4.98 Å². The lowest BCUT2D eigenvalue weighted by Crippen LogP contribution is -2.05. The predicted molar refractivity (Wildman–Crippen MR) is 68.8 cm³/mol. The molecule has 0 spiro atoms. The molecule has 2 rings (SSSR count). The number of aryl methyl sites for hydroxylation is 1. The molecule has 0 aliphatic carbocycles. The number of aromatic nitrogens is 1. The van der Waals surface area contributed by atoms with Crippen LogP contribution in [-0.2, 0) is 22.0 Å². The number of hydrogen-bond donors (Lipinski definition) is 0. The number of nitrogens with zero attached hydrogens (tertiary/aromatic N) is 1. The monoisotopic (exact) mass is 285 g/mol. The summed E-state index contributed by atoms with van der Waals surface area (Å²) < 4.78 is 36.9.